The first-order chi connectivity index (χ1) is 24.7. The number of pyridine rings is 3. The van der Waals surface area contributed by atoms with Crippen LogP contribution in [0.15, 0.2) is 189 Å². The van der Waals surface area contributed by atoms with Crippen molar-refractivity contribution in [3.05, 3.63) is 189 Å². The molecule has 234 valence electrons. The Morgan fingerprint density at radius 1 is 0.260 bits per heavy atom. The molecule has 0 bridgehead atoms. The molecule has 0 N–H and O–H groups in total. The highest BCUT2D eigenvalue weighted by Crippen LogP contribution is 2.35. The lowest BCUT2D eigenvalue weighted by atomic mass is 9.93. The molecule has 6 aromatic carbocycles. The number of benzene rings is 6. The van der Waals surface area contributed by atoms with E-state index in [0.29, 0.717) is 0 Å². The Morgan fingerprint density at radius 2 is 0.720 bits per heavy atom. The van der Waals surface area contributed by atoms with Crippen LogP contribution in [-0.4, -0.2) is 15.0 Å². The summed E-state index contributed by atoms with van der Waals surface area (Å²) in [5, 5.41) is 4.93. The maximum atomic E-state index is 4.93. The van der Waals surface area contributed by atoms with Gasteiger partial charge in [0.2, 0.25) is 0 Å². The van der Waals surface area contributed by atoms with Crippen molar-refractivity contribution in [1.29, 1.82) is 0 Å². The molecule has 3 nitrogen and oxygen atoms in total. The molecule has 0 aliphatic carbocycles. The predicted octanol–water partition coefficient (Wildman–Crippen LogP) is 12.2. The summed E-state index contributed by atoms with van der Waals surface area (Å²) in [7, 11) is 0. The third-order valence-corrected chi connectivity index (χ3v) is 9.43. The molecule has 0 saturated heterocycles. The molecule has 0 aliphatic rings. The van der Waals surface area contributed by atoms with Gasteiger partial charge in [0.05, 0.1) is 11.4 Å². The number of nitrogens with zero attached hydrogens (tertiary/aromatic N) is 3. The highest BCUT2D eigenvalue weighted by molar-refractivity contribution is 5.89. The van der Waals surface area contributed by atoms with Gasteiger partial charge in [0.15, 0.2) is 0 Å². The van der Waals surface area contributed by atoms with Crippen LogP contribution in [0.4, 0.5) is 0 Å². The van der Waals surface area contributed by atoms with Gasteiger partial charge in [-0.3, -0.25) is 15.0 Å². The summed E-state index contributed by atoms with van der Waals surface area (Å²) in [5.41, 5.74) is 13.0. The van der Waals surface area contributed by atoms with Crippen LogP contribution in [0.2, 0.25) is 0 Å². The van der Waals surface area contributed by atoms with Gasteiger partial charge in [0, 0.05) is 47.0 Å². The van der Waals surface area contributed by atoms with Crippen molar-refractivity contribution in [2.45, 2.75) is 0 Å². The Hall–Kier alpha value is -6.71. The third-order valence-electron chi connectivity index (χ3n) is 9.43. The molecular formula is C47H31N3. The molecular weight excluding hydrogens is 607 g/mol. The summed E-state index contributed by atoms with van der Waals surface area (Å²) in [4.78, 5) is 14.0. The molecule has 0 fully saturated rings. The zero-order valence-corrected chi connectivity index (χ0v) is 27.2. The maximum absolute atomic E-state index is 4.93. The van der Waals surface area contributed by atoms with Crippen molar-refractivity contribution in [2.75, 3.05) is 0 Å². The van der Waals surface area contributed by atoms with Crippen molar-refractivity contribution >= 4 is 21.5 Å². The van der Waals surface area contributed by atoms with E-state index in [-0.39, 0.29) is 0 Å². The van der Waals surface area contributed by atoms with Crippen LogP contribution >= 0.6 is 0 Å². The molecule has 3 heteroatoms. The lowest BCUT2D eigenvalue weighted by Crippen LogP contribution is -1.90. The molecule has 0 unspecified atom stereocenters. The molecule has 3 aromatic heterocycles. The molecule has 9 rings (SSSR count). The van der Waals surface area contributed by atoms with E-state index in [2.05, 4.69) is 157 Å². The van der Waals surface area contributed by atoms with Gasteiger partial charge in [-0.1, -0.05) is 109 Å². The summed E-state index contributed by atoms with van der Waals surface area (Å²) in [6.45, 7) is 0. The van der Waals surface area contributed by atoms with E-state index in [1.807, 2.05) is 30.7 Å². The first-order valence-electron chi connectivity index (χ1n) is 16.8. The first-order valence-corrected chi connectivity index (χ1v) is 16.8. The van der Waals surface area contributed by atoms with E-state index in [0.717, 1.165) is 55.9 Å². The smallest absolute Gasteiger partial charge is 0.0717 e. The number of hydrogen-bond donors (Lipinski definition) is 0. The molecule has 0 saturated carbocycles. The monoisotopic (exact) mass is 637 g/mol. The fraction of sp³-hybridized carbons (Fsp3) is 0. The van der Waals surface area contributed by atoms with Crippen LogP contribution in [0, 0.1) is 0 Å². The predicted molar refractivity (Wildman–Crippen MR) is 207 cm³/mol. The summed E-state index contributed by atoms with van der Waals surface area (Å²) < 4.78 is 0. The summed E-state index contributed by atoms with van der Waals surface area (Å²) in [5.74, 6) is 0. The van der Waals surface area contributed by atoms with Crippen molar-refractivity contribution in [3.63, 3.8) is 0 Å². The highest BCUT2D eigenvalue weighted by atomic mass is 14.7. The minimum Gasteiger partial charge on any atom is -0.264 e. The molecule has 0 aliphatic heterocycles. The SMILES string of the molecule is c1cncc(-c2ccc(-c3cc(-c4ccc(-c5ccc6ccccc6c5)cc4)cc(-c4ccc(-c5ccc6ccccc6c5)nc4)c3)cn2)c1. The Balaban J connectivity index is 1.09. The van der Waals surface area contributed by atoms with E-state index in [1.165, 1.54) is 32.7 Å². The van der Waals surface area contributed by atoms with Gasteiger partial charge in [-0.05, 0) is 110 Å². The Kier molecular flexibility index (Phi) is 7.49. The lowest BCUT2D eigenvalue weighted by molar-refractivity contribution is 1.28. The van der Waals surface area contributed by atoms with Gasteiger partial charge in [-0.2, -0.15) is 0 Å². The van der Waals surface area contributed by atoms with Crippen LogP contribution < -0.4 is 0 Å². The zero-order chi connectivity index (χ0) is 33.3. The standard InChI is InChI=1S/C47H31N3/c1-3-8-36-24-38(17-15-32(36)6-1)34-11-13-35(14-12-34)43-26-44(28-45(27-43)41-20-22-47(50-31-41)42-10-5-23-48-29-42)40-19-21-46(49-30-40)39-18-16-33-7-2-4-9-37(33)25-39/h1-31H. The van der Waals surface area contributed by atoms with E-state index < -0.39 is 0 Å². The van der Waals surface area contributed by atoms with Crippen LogP contribution in [-0.2, 0) is 0 Å². The average Bonchev–Trinajstić information content (AvgIpc) is 3.21. The molecule has 0 amide bonds. The van der Waals surface area contributed by atoms with E-state index >= 15 is 0 Å². The number of aromatic nitrogens is 3. The summed E-state index contributed by atoms with van der Waals surface area (Å²) >= 11 is 0. The molecule has 3 heterocycles. The van der Waals surface area contributed by atoms with Crippen molar-refractivity contribution in [1.82, 2.24) is 15.0 Å². The van der Waals surface area contributed by atoms with E-state index in [9.17, 15) is 0 Å². The van der Waals surface area contributed by atoms with Crippen molar-refractivity contribution in [3.8, 4) is 67.0 Å². The van der Waals surface area contributed by atoms with Crippen LogP contribution in [0.1, 0.15) is 0 Å². The molecule has 0 spiro atoms. The molecule has 0 radical (unpaired) electrons. The largest absolute Gasteiger partial charge is 0.264 e. The maximum Gasteiger partial charge on any atom is 0.0717 e. The lowest BCUT2D eigenvalue weighted by Gasteiger charge is -2.13. The van der Waals surface area contributed by atoms with Gasteiger partial charge in [0.25, 0.3) is 0 Å². The molecule has 0 atom stereocenters. The van der Waals surface area contributed by atoms with Gasteiger partial charge < -0.3 is 0 Å². The molecule has 50 heavy (non-hydrogen) atoms. The summed E-state index contributed by atoms with van der Waals surface area (Å²) in [6, 6.07) is 58.2. The average molecular weight is 638 g/mol. The third kappa shape index (κ3) is 5.82. The topological polar surface area (TPSA) is 38.7 Å². The van der Waals surface area contributed by atoms with Gasteiger partial charge >= 0.3 is 0 Å². The number of fused-ring (bicyclic) bond motifs is 2. The summed E-state index contributed by atoms with van der Waals surface area (Å²) in [6.07, 6.45) is 7.56. The minimum atomic E-state index is 0.899. The minimum absolute atomic E-state index is 0.899. The Labute approximate surface area is 291 Å². The van der Waals surface area contributed by atoms with Gasteiger partial charge in [-0.15, -0.1) is 0 Å². The van der Waals surface area contributed by atoms with Gasteiger partial charge in [-0.25, -0.2) is 0 Å². The van der Waals surface area contributed by atoms with E-state index in [1.54, 1.807) is 6.20 Å². The highest BCUT2D eigenvalue weighted by Gasteiger charge is 2.11. The Morgan fingerprint density at radius 3 is 1.26 bits per heavy atom. The second-order valence-electron chi connectivity index (χ2n) is 12.6. The first kappa shape index (κ1) is 29.4. The van der Waals surface area contributed by atoms with Crippen molar-refractivity contribution in [2.24, 2.45) is 0 Å². The number of hydrogen-bond acceptors (Lipinski definition) is 3. The Bertz CT molecular complexity index is 2470. The van der Waals surface area contributed by atoms with Crippen LogP contribution in [0.3, 0.4) is 0 Å². The van der Waals surface area contributed by atoms with Crippen LogP contribution in [0.5, 0.6) is 0 Å². The zero-order valence-electron chi connectivity index (χ0n) is 27.2. The van der Waals surface area contributed by atoms with Crippen molar-refractivity contribution < 1.29 is 0 Å². The normalized spacial score (nSPS) is 11.2. The van der Waals surface area contributed by atoms with Gasteiger partial charge in [0.1, 0.15) is 0 Å². The fourth-order valence-electron chi connectivity index (χ4n) is 6.69. The fourth-order valence-corrected chi connectivity index (χ4v) is 6.69. The quantitative estimate of drug-likeness (QED) is 0.182. The number of rotatable bonds is 6. The second kappa shape index (κ2) is 12.7. The second-order valence-corrected chi connectivity index (χ2v) is 12.6. The van der Waals surface area contributed by atoms with E-state index in [4.69, 9.17) is 9.97 Å². The molecule has 9 aromatic rings. The van der Waals surface area contributed by atoms with Crippen LogP contribution in [0.25, 0.3) is 88.6 Å².